The standard InChI is InChI=1S/C22H27F2N3O3/c1-16(21(28)26-19-8-4-5-9-20(19)30-22(23)24)25-14-17-6-2-3-7-18(17)15-27-10-12-29-13-11-27/h2-9,16,22,25H,10-15H2,1H3,(H,26,28). The first-order valence-electron chi connectivity index (χ1n) is 9.98. The summed E-state index contributed by atoms with van der Waals surface area (Å²) in [6, 6.07) is 13.7. The van der Waals surface area contributed by atoms with Crippen molar-refractivity contribution in [1.82, 2.24) is 10.2 Å². The Bertz CT molecular complexity index is 829. The molecule has 162 valence electrons. The zero-order valence-corrected chi connectivity index (χ0v) is 16.9. The Labute approximate surface area is 175 Å². The van der Waals surface area contributed by atoms with Crippen LogP contribution in [0.4, 0.5) is 14.5 Å². The van der Waals surface area contributed by atoms with Crippen LogP contribution in [0, 0.1) is 0 Å². The van der Waals surface area contributed by atoms with Crippen LogP contribution in [0.3, 0.4) is 0 Å². The van der Waals surface area contributed by atoms with Gasteiger partial charge in [0.15, 0.2) is 0 Å². The fourth-order valence-electron chi connectivity index (χ4n) is 3.25. The monoisotopic (exact) mass is 419 g/mol. The van der Waals surface area contributed by atoms with Gasteiger partial charge in [-0.3, -0.25) is 9.69 Å². The number of amides is 1. The summed E-state index contributed by atoms with van der Waals surface area (Å²) in [5, 5.41) is 5.86. The van der Waals surface area contributed by atoms with Crippen LogP contribution in [0.2, 0.25) is 0 Å². The van der Waals surface area contributed by atoms with E-state index in [1.807, 2.05) is 18.2 Å². The lowest BCUT2D eigenvalue weighted by Crippen LogP contribution is -2.38. The molecule has 0 bridgehead atoms. The molecule has 0 aliphatic carbocycles. The van der Waals surface area contributed by atoms with Crippen molar-refractivity contribution in [2.24, 2.45) is 0 Å². The first-order valence-corrected chi connectivity index (χ1v) is 9.98. The van der Waals surface area contributed by atoms with Crippen molar-refractivity contribution in [3.63, 3.8) is 0 Å². The number of alkyl halides is 2. The first kappa shape index (κ1) is 22.1. The lowest BCUT2D eigenvalue weighted by molar-refractivity contribution is -0.117. The molecule has 1 atom stereocenters. The average Bonchev–Trinajstić information content (AvgIpc) is 2.74. The minimum absolute atomic E-state index is 0.0658. The number of carbonyl (C=O) groups is 1. The van der Waals surface area contributed by atoms with Gasteiger partial charge in [-0.05, 0) is 30.2 Å². The molecule has 1 unspecified atom stereocenters. The van der Waals surface area contributed by atoms with Gasteiger partial charge in [0, 0.05) is 26.2 Å². The normalized spacial score (nSPS) is 15.7. The van der Waals surface area contributed by atoms with Gasteiger partial charge in [0.25, 0.3) is 0 Å². The van der Waals surface area contributed by atoms with Gasteiger partial charge in [0.1, 0.15) is 5.75 Å². The van der Waals surface area contributed by atoms with Crippen molar-refractivity contribution >= 4 is 11.6 Å². The first-order chi connectivity index (χ1) is 14.5. The van der Waals surface area contributed by atoms with Crippen molar-refractivity contribution < 1.29 is 23.0 Å². The molecule has 0 spiro atoms. The average molecular weight is 419 g/mol. The molecular formula is C22H27F2N3O3. The van der Waals surface area contributed by atoms with Gasteiger partial charge in [-0.1, -0.05) is 36.4 Å². The predicted molar refractivity (Wildman–Crippen MR) is 111 cm³/mol. The largest absolute Gasteiger partial charge is 0.433 e. The molecule has 2 N–H and O–H groups in total. The third-order valence-corrected chi connectivity index (χ3v) is 4.97. The second kappa shape index (κ2) is 11.0. The van der Waals surface area contributed by atoms with Gasteiger partial charge >= 0.3 is 6.61 Å². The van der Waals surface area contributed by atoms with E-state index in [1.165, 1.54) is 17.7 Å². The minimum atomic E-state index is -2.96. The van der Waals surface area contributed by atoms with Crippen LogP contribution in [-0.2, 0) is 22.6 Å². The maximum absolute atomic E-state index is 12.6. The van der Waals surface area contributed by atoms with Gasteiger partial charge < -0.3 is 20.1 Å². The minimum Gasteiger partial charge on any atom is -0.433 e. The van der Waals surface area contributed by atoms with Crippen LogP contribution in [0.25, 0.3) is 0 Å². The number of ether oxygens (including phenoxy) is 2. The highest BCUT2D eigenvalue weighted by atomic mass is 19.3. The summed E-state index contributed by atoms with van der Waals surface area (Å²) in [7, 11) is 0. The molecule has 3 rings (SSSR count). The molecule has 30 heavy (non-hydrogen) atoms. The molecule has 1 heterocycles. The van der Waals surface area contributed by atoms with E-state index in [1.54, 1.807) is 19.1 Å². The highest BCUT2D eigenvalue weighted by Gasteiger charge is 2.17. The van der Waals surface area contributed by atoms with E-state index in [9.17, 15) is 13.6 Å². The number of para-hydroxylation sites is 2. The molecule has 1 fully saturated rings. The number of carbonyl (C=O) groups excluding carboxylic acids is 1. The Balaban J connectivity index is 1.57. The SMILES string of the molecule is CC(NCc1ccccc1CN1CCOCC1)C(=O)Nc1ccccc1OC(F)F. The van der Waals surface area contributed by atoms with E-state index in [0.717, 1.165) is 38.4 Å². The molecule has 1 amide bonds. The maximum atomic E-state index is 12.6. The Morgan fingerprint density at radius 2 is 1.77 bits per heavy atom. The van der Waals surface area contributed by atoms with Crippen LogP contribution in [0.1, 0.15) is 18.1 Å². The maximum Gasteiger partial charge on any atom is 0.387 e. The predicted octanol–water partition coefficient (Wildman–Crippen LogP) is 3.24. The molecule has 0 aromatic heterocycles. The fourth-order valence-corrected chi connectivity index (χ4v) is 3.25. The summed E-state index contributed by atoms with van der Waals surface area (Å²) in [6.45, 7) is 3.42. The van der Waals surface area contributed by atoms with Gasteiger partial charge in [0.2, 0.25) is 5.91 Å². The highest BCUT2D eigenvalue weighted by Crippen LogP contribution is 2.25. The van der Waals surface area contributed by atoms with Gasteiger partial charge in [0.05, 0.1) is 24.9 Å². The van der Waals surface area contributed by atoms with Crippen molar-refractivity contribution in [1.29, 1.82) is 0 Å². The molecule has 1 aliphatic heterocycles. The Morgan fingerprint density at radius 3 is 2.50 bits per heavy atom. The molecule has 1 saturated heterocycles. The van der Waals surface area contributed by atoms with Crippen LogP contribution >= 0.6 is 0 Å². The second-order valence-corrected chi connectivity index (χ2v) is 7.12. The van der Waals surface area contributed by atoms with Crippen molar-refractivity contribution in [2.75, 3.05) is 31.6 Å². The number of hydrogen-bond donors (Lipinski definition) is 2. The van der Waals surface area contributed by atoms with Crippen molar-refractivity contribution in [3.05, 3.63) is 59.7 Å². The molecule has 0 saturated carbocycles. The number of rotatable bonds is 9. The topological polar surface area (TPSA) is 62.8 Å². The number of anilines is 1. The smallest absolute Gasteiger partial charge is 0.387 e. The van der Waals surface area contributed by atoms with Crippen LogP contribution in [-0.4, -0.2) is 49.8 Å². The Hall–Kier alpha value is -2.55. The Kier molecular flexibility index (Phi) is 8.12. The van der Waals surface area contributed by atoms with Gasteiger partial charge in [-0.15, -0.1) is 0 Å². The third-order valence-electron chi connectivity index (χ3n) is 4.97. The number of halogens is 2. The van der Waals surface area contributed by atoms with Gasteiger partial charge in [-0.2, -0.15) is 8.78 Å². The molecule has 8 heteroatoms. The molecular weight excluding hydrogens is 392 g/mol. The third kappa shape index (κ3) is 6.48. The number of benzene rings is 2. The zero-order valence-electron chi connectivity index (χ0n) is 16.9. The highest BCUT2D eigenvalue weighted by molar-refractivity contribution is 5.95. The van der Waals surface area contributed by atoms with Crippen LogP contribution in [0.5, 0.6) is 5.75 Å². The van der Waals surface area contributed by atoms with Crippen LogP contribution < -0.4 is 15.4 Å². The summed E-state index contributed by atoms with van der Waals surface area (Å²) in [6.07, 6.45) is 0. The van der Waals surface area contributed by atoms with Crippen molar-refractivity contribution in [3.8, 4) is 5.75 Å². The summed E-state index contributed by atoms with van der Waals surface area (Å²) in [5.74, 6) is -0.394. The molecule has 2 aromatic rings. The molecule has 1 aliphatic rings. The van der Waals surface area contributed by atoms with E-state index in [-0.39, 0.29) is 17.3 Å². The van der Waals surface area contributed by atoms with Crippen LogP contribution in [0.15, 0.2) is 48.5 Å². The summed E-state index contributed by atoms with van der Waals surface area (Å²) in [4.78, 5) is 14.9. The summed E-state index contributed by atoms with van der Waals surface area (Å²) in [5.41, 5.74) is 2.53. The fraction of sp³-hybridized carbons (Fsp3) is 0.409. The number of nitrogens with one attached hydrogen (secondary N) is 2. The number of morpholine rings is 1. The van der Waals surface area contributed by atoms with E-state index < -0.39 is 12.7 Å². The molecule has 2 aromatic carbocycles. The van der Waals surface area contributed by atoms with E-state index in [0.29, 0.717) is 6.54 Å². The lowest BCUT2D eigenvalue weighted by atomic mass is 10.1. The quantitative estimate of drug-likeness (QED) is 0.654. The summed E-state index contributed by atoms with van der Waals surface area (Å²) >= 11 is 0. The number of hydrogen-bond acceptors (Lipinski definition) is 5. The van der Waals surface area contributed by atoms with E-state index in [2.05, 4.69) is 26.3 Å². The zero-order chi connectivity index (χ0) is 21.3. The Morgan fingerprint density at radius 1 is 1.10 bits per heavy atom. The van der Waals surface area contributed by atoms with Crippen molar-refractivity contribution in [2.45, 2.75) is 32.7 Å². The van der Waals surface area contributed by atoms with E-state index in [4.69, 9.17) is 4.74 Å². The number of nitrogens with zero attached hydrogens (tertiary/aromatic N) is 1. The molecule has 0 radical (unpaired) electrons. The lowest BCUT2D eigenvalue weighted by Gasteiger charge is -2.27. The second-order valence-electron chi connectivity index (χ2n) is 7.12. The summed E-state index contributed by atoms with van der Waals surface area (Å²) < 4.78 is 35.0. The molecule has 6 nitrogen and oxygen atoms in total. The van der Waals surface area contributed by atoms with E-state index >= 15 is 0 Å². The van der Waals surface area contributed by atoms with Gasteiger partial charge in [-0.25, -0.2) is 0 Å².